The van der Waals surface area contributed by atoms with Crippen molar-refractivity contribution >= 4 is 43.2 Å². The molecule has 0 unspecified atom stereocenters. The number of fused-ring (bicyclic) bond motifs is 2. The summed E-state index contributed by atoms with van der Waals surface area (Å²) in [6.07, 6.45) is 4.82. The lowest BCUT2D eigenvalue weighted by Gasteiger charge is -2.26. The number of carbonyl (C=O) groups excluding carboxylic acids is 1. The molecule has 31 heavy (non-hydrogen) atoms. The van der Waals surface area contributed by atoms with Crippen LogP contribution in [0.4, 0.5) is 5.69 Å². The van der Waals surface area contributed by atoms with Gasteiger partial charge in [0.25, 0.3) is 5.56 Å². The van der Waals surface area contributed by atoms with E-state index in [2.05, 4.69) is 4.98 Å². The number of sulfonamides is 1. The van der Waals surface area contributed by atoms with Crippen LogP contribution in [0.15, 0.2) is 45.7 Å². The van der Waals surface area contributed by atoms with Crippen molar-refractivity contribution in [2.24, 2.45) is 0 Å². The average molecular weight is 459 g/mol. The summed E-state index contributed by atoms with van der Waals surface area (Å²) < 4.78 is 29.3. The van der Waals surface area contributed by atoms with Crippen LogP contribution in [-0.4, -0.2) is 47.8 Å². The van der Waals surface area contributed by atoms with Gasteiger partial charge in [-0.3, -0.25) is 14.2 Å². The van der Waals surface area contributed by atoms with E-state index in [4.69, 9.17) is 0 Å². The Balaban J connectivity index is 1.38. The summed E-state index contributed by atoms with van der Waals surface area (Å²) in [5.41, 5.74) is 1.95. The molecule has 1 aromatic carbocycles. The summed E-state index contributed by atoms with van der Waals surface area (Å²) in [5.74, 6) is -0.217. The van der Waals surface area contributed by atoms with Crippen molar-refractivity contribution in [3.63, 3.8) is 0 Å². The van der Waals surface area contributed by atoms with E-state index in [9.17, 15) is 18.0 Å². The van der Waals surface area contributed by atoms with Crippen molar-refractivity contribution in [1.29, 1.82) is 0 Å². The van der Waals surface area contributed by atoms with Gasteiger partial charge in [0.05, 0.1) is 16.7 Å². The second-order valence-corrected chi connectivity index (χ2v) is 10.7. The third-order valence-electron chi connectivity index (χ3n) is 5.94. The van der Waals surface area contributed by atoms with Gasteiger partial charge in [0.2, 0.25) is 15.9 Å². The van der Waals surface area contributed by atoms with Crippen molar-refractivity contribution in [3.05, 3.63) is 51.9 Å². The first-order valence-electron chi connectivity index (χ1n) is 10.3. The molecule has 1 fully saturated rings. The molecular formula is C21H22N4O4S2. The molecule has 2 aliphatic heterocycles. The van der Waals surface area contributed by atoms with Crippen LogP contribution in [0.25, 0.3) is 10.2 Å². The van der Waals surface area contributed by atoms with E-state index in [1.165, 1.54) is 22.2 Å². The minimum atomic E-state index is -3.51. The molecule has 162 valence electrons. The monoisotopic (exact) mass is 458 g/mol. The van der Waals surface area contributed by atoms with Crippen molar-refractivity contribution in [1.82, 2.24) is 13.9 Å². The molecule has 8 nitrogen and oxygen atoms in total. The Morgan fingerprint density at radius 1 is 1.10 bits per heavy atom. The first-order chi connectivity index (χ1) is 14.9. The average Bonchev–Trinajstić information content (AvgIpc) is 3.43. The van der Waals surface area contributed by atoms with E-state index in [1.54, 1.807) is 38.9 Å². The maximum atomic E-state index is 13.0. The van der Waals surface area contributed by atoms with Gasteiger partial charge in [-0.25, -0.2) is 13.4 Å². The number of piperidine rings is 1. The predicted octanol–water partition coefficient (Wildman–Crippen LogP) is 2.22. The highest BCUT2D eigenvalue weighted by Gasteiger charge is 2.30. The van der Waals surface area contributed by atoms with Crippen LogP contribution in [-0.2, 0) is 27.8 Å². The van der Waals surface area contributed by atoms with Gasteiger partial charge in [-0.2, -0.15) is 4.31 Å². The highest BCUT2D eigenvalue weighted by molar-refractivity contribution is 7.89. The van der Waals surface area contributed by atoms with Gasteiger partial charge >= 0.3 is 0 Å². The fourth-order valence-electron chi connectivity index (χ4n) is 4.27. The largest absolute Gasteiger partial charge is 0.310 e. The molecule has 0 atom stereocenters. The van der Waals surface area contributed by atoms with Crippen LogP contribution in [0.1, 0.15) is 24.8 Å². The lowest BCUT2D eigenvalue weighted by Crippen LogP contribution is -2.36. The number of rotatable bonds is 4. The maximum absolute atomic E-state index is 13.0. The zero-order valence-corrected chi connectivity index (χ0v) is 18.5. The van der Waals surface area contributed by atoms with Gasteiger partial charge in [-0.05, 0) is 54.5 Å². The smallest absolute Gasteiger partial charge is 0.271 e. The van der Waals surface area contributed by atoms with E-state index in [1.807, 2.05) is 0 Å². The first-order valence-corrected chi connectivity index (χ1v) is 12.6. The van der Waals surface area contributed by atoms with E-state index >= 15 is 0 Å². The van der Waals surface area contributed by atoms with Gasteiger partial charge in [0.15, 0.2) is 0 Å². The number of thiophene rings is 1. The highest BCUT2D eigenvalue weighted by Crippen LogP contribution is 2.32. The third-order valence-corrected chi connectivity index (χ3v) is 8.73. The summed E-state index contributed by atoms with van der Waals surface area (Å²) >= 11 is 1.31. The summed E-state index contributed by atoms with van der Waals surface area (Å²) in [7, 11) is -3.51. The molecule has 2 aliphatic rings. The van der Waals surface area contributed by atoms with Crippen LogP contribution in [0.5, 0.6) is 0 Å². The zero-order valence-electron chi connectivity index (χ0n) is 16.9. The van der Waals surface area contributed by atoms with Crippen LogP contribution in [0.3, 0.4) is 0 Å². The Hall–Kier alpha value is -2.56. The van der Waals surface area contributed by atoms with Gasteiger partial charge < -0.3 is 4.90 Å². The summed E-state index contributed by atoms with van der Waals surface area (Å²) in [6, 6.07) is 6.76. The summed E-state index contributed by atoms with van der Waals surface area (Å²) in [4.78, 5) is 31.7. The molecule has 5 rings (SSSR count). The van der Waals surface area contributed by atoms with Crippen LogP contribution in [0, 0.1) is 0 Å². The molecule has 0 saturated carbocycles. The normalized spacial score (nSPS) is 17.2. The van der Waals surface area contributed by atoms with Crippen molar-refractivity contribution < 1.29 is 13.2 Å². The Bertz CT molecular complexity index is 1320. The molecule has 2 aromatic heterocycles. The lowest BCUT2D eigenvalue weighted by atomic mass is 10.2. The fourth-order valence-corrected chi connectivity index (χ4v) is 6.64. The fraction of sp³-hybridized carbons (Fsp3) is 0.381. The zero-order chi connectivity index (χ0) is 21.6. The molecule has 1 amide bonds. The standard InChI is InChI=1S/C21H22N4O4S2/c26-19(13-23-14-22-17-7-11-30-20(17)21(23)27)25-10-6-15-12-16(4-5-18(15)25)31(28,29)24-8-2-1-3-9-24/h4-5,7,11-12,14H,1-3,6,8-10,13H2. The van der Waals surface area contributed by atoms with Gasteiger partial charge in [-0.15, -0.1) is 11.3 Å². The Kier molecular flexibility index (Phi) is 5.15. The molecule has 3 aromatic rings. The number of aromatic nitrogens is 2. The van der Waals surface area contributed by atoms with E-state index < -0.39 is 10.0 Å². The number of anilines is 1. The second-order valence-electron chi connectivity index (χ2n) is 7.86. The Labute approximate surface area is 183 Å². The molecule has 0 N–H and O–H groups in total. The van der Waals surface area contributed by atoms with Crippen LogP contribution in [0.2, 0.25) is 0 Å². The number of carbonyl (C=O) groups is 1. The maximum Gasteiger partial charge on any atom is 0.271 e. The highest BCUT2D eigenvalue weighted by atomic mass is 32.2. The summed E-state index contributed by atoms with van der Waals surface area (Å²) in [6.45, 7) is 1.47. The third kappa shape index (κ3) is 3.58. The number of nitrogens with zero attached hydrogens (tertiary/aromatic N) is 4. The molecular weight excluding hydrogens is 436 g/mol. The second kappa shape index (κ2) is 7.85. The molecule has 0 spiro atoms. The summed E-state index contributed by atoms with van der Waals surface area (Å²) in [5, 5.41) is 1.80. The number of amides is 1. The van der Waals surface area contributed by atoms with Crippen molar-refractivity contribution in [3.8, 4) is 0 Å². The van der Waals surface area contributed by atoms with Crippen LogP contribution < -0.4 is 10.5 Å². The predicted molar refractivity (Wildman–Crippen MR) is 119 cm³/mol. The molecule has 0 radical (unpaired) electrons. The van der Waals surface area contributed by atoms with Crippen molar-refractivity contribution in [2.75, 3.05) is 24.5 Å². The number of benzene rings is 1. The van der Waals surface area contributed by atoms with E-state index in [-0.39, 0.29) is 22.9 Å². The van der Waals surface area contributed by atoms with Gasteiger partial charge in [0, 0.05) is 25.3 Å². The molecule has 10 heteroatoms. The van der Waals surface area contributed by atoms with Crippen molar-refractivity contribution in [2.45, 2.75) is 37.1 Å². The molecule has 1 saturated heterocycles. The van der Waals surface area contributed by atoms with Gasteiger partial charge in [-0.1, -0.05) is 6.42 Å². The minimum Gasteiger partial charge on any atom is -0.310 e. The van der Waals surface area contributed by atoms with E-state index in [0.717, 1.165) is 24.8 Å². The number of hydrogen-bond donors (Lipinski definition) is 0. The number of hydrogen-bond acceptors (Lipinski definition) is 6. The van der Waals surface area contributed by atoms with Crippen LogP contribution >= 0.6 is 11.3 Å². The topological polar surface area (TPSA) is 92.6 Å². The Morgan fingerprint density at radius 3 is 2.71 bits per heavy atom. The minimum absolute atomic E-state index is 0.104. The SMILES string of the molecule is O=C(Cn1cnc2ccsc2c1=O)N1CCc2cc(S(=O)(=O)N3CCCCC3)ccc21. The Morgan fingerprint density at radius 2 is 1.90 bits per heavy atom. The molecule has 4 heterocycles. The lowest BCUT2D eigenvalue weighted by molar-refractivity contribution is -0.119. The van der Waals surface area contributed by atoms with E-state index in [0.29, 0.717) is 42.0 Å². The molecule has 0 aliphatic carbocycles. The quantitative estimate of drug-likeness (QED) is 0.598. The van der Waals surface area contributed by atoms with Gasteiger partial charge in [0.1, 0.15) is 11.2 Å². The first kappa shape index (κ1) is 20.3. The molecule has 0 bridgehead atoms.